The van der Waals surface area contributed by atoms with Crippen LogP contribution in [0.5, 0.6) is 0 Å². The molecule has 0 N–H and O–H groups in total. The molecule has 2 aliphatic rings. The summed E-state index contributed by atoms with van der Waals surface area (Å²) in [6.07, 6.45) is 1.88. The standard InChI is InChI=1S/C25H21N3S/c1-16-15-28-24(23(27-25(28)29-16)21-12-6-7-13-26-21)22-19-10-4-2-8-17(19)14-18-9-3-5-11-20(18)22/h2-14,16,23-24H,15H2,1H3/t16-,23+,24+/m1/s1. The summed E-state index contributed by atoms with van der Waals surface area (Å²) in [6.45, 7) is 3.31. The molecule has 1 fully saturated rings. The zero-order valence-electron chi connectivity index (χ0n) is 16.2. The van der Waals surface area contributed by atoms with Gasteiger partial charge in [0.1, 0.15) is 6.04 Å². The van der Waals surface area contributed by atoms with E-state index in [0.29, 0.717) is 5.25 Å². The molecule has 3 atom stereocenters. The first-order valence-electron chi connectivity index (χ1n) is 10.1. The molecule has 0 unspecified atom stereocenters. The summed E-state index contributed by atoms with van der Waals surface area (Å²) >= 11 is 1.89. The van der Waals surface area contributed by atoms with Crippen LogP contribution < -0.4 is 0 Å². The van der Waals surface area contributed by atoms with Crippen molar-refractivity contribution < 1.29 is 0 Å². The highest BCUT2D eigenvalue weighted by molar-refractivity contribution is 8.14. The van der Waals surface area contributed by atoms with E-state index in [2.05, 4.69) is 78.6 Å². The van der Waals surface area contributed by atoms with Crippen LogP contribution in [0.15, 0.2) is 84.0 Å². The average molecular weight is 396 g/mol. The van der Waals surface area contributed by atoms with Gasteiger partial charge in [-0.15, -0.1) is 0 Å². The Labute approximate surface area is 174 Å². The number of aromatic nitrogens is 1. The van der Waals surface area contributed by atoms with Crippen LogP contribution in [-0.4, -0.2) is 26.8 Å². The second-order valence-corrected chi connectivity index (χ2v) is 9.27. The molecular weight excluding hydrogens is 374 g/mol. The Kier molecular flexibility index (Phi) is 3.88. The van der Waals surface area contributed by atoms with Gasteiger partial charge in [-0.05, 0) is 45.3 Å². The normalized spacial score (nSPS) is 23.6. The molecule has 4 heteroatoms. The van der Waals surface area contributed by atoms with E-state index in [1.54, 1.807) is 0 Å². The maximum absolute atomic E-state index is 5.19. The maximum atomic E-state index is 5.19. The van der Waals surface area contributed by atoms with Gasteiger partial charge in [-0.1, -0.05) is 73.3 Å². The predicted octanol–water partition coefficient (Wildman–Crippen LogP) is 5.98. The molecule has 142 valence electrons. The lowest BCUT2D eigenvalue weighted by Gasteiger charge is -2.29. The first-order chi connectivity index (χ1) is 14.3. The molecule has 0 bridgehead atoms. The van der Waals surface area contributed by atoms with Gasteiger partial charge in [0.15, 0.2) is 5.17 Å². The molecule has 4 aromatic rings. The molecule has 3 heterocycles. The van der Waals surface area contributed by atoms with E-state index in [0.717, 1.165) is 17.4 Å². The molecule has 3 aromatic carbocycles. The van der Waals surface area contributed by atoms with Crippen molar-refractivity contribution in [2.75, 3.05) is 6.54 Å². The second-order valence-electron chi connectivity index (χ2n) is 7.87. The minimum Gasteiger partial charge on any atom is -0.341 e. The SMILES string of the molecule is C[C@@H]1CN2C(=N[C@@H](c3ccccn3)[C@@H]2c2c3ccccc3cc3ccccc23)S1. The van der Waals surface area contributed by atoms with Crippen LogP contribution in [0.3, 0.4) is 0 Å². The van der Waals surface area contributed by atoms with Crippen molar-refractivity contribution in [1.29, 1.82) is 0 Å². The van der Waals surface area contributed by atoms with Crippen LogP contribution in [0.4, 0.5) is 0 Å². The Morgan fingerprint density at radius 2 is 1.59 bits per heavy atom. The van der Waals surface area contributed by atoms with E-state index >= 15 is 0 Å². The van der Waals surface area contributed by atoms with Crippen LogP contribution >= 0.6 is 11.8 Å². The van der Waals surface area contributed by atoms with E-state index in [1.165, 1.54) is 27.1 Å². The van der Waals surface area contributed by atoms with Crippen molar-refractivity contribution in [2.24, 2.45) is 4.99 Å². The number of fused-ring (bicyclic) bond motifs is 3. The van der Waals surface area contributed by atoms with Crippen molar-refractivity contribution in [3.63, 3.8) is 0 Å². The molecule has 1 aromatic heterocycles. The molecule has 0 amide bonds. The van der Waals surface area contributed by atoms with Gasteiger partial charge in [0.25, 0.3) is 0 Å². The third-order valence-electron chi connectivity index (χ3n) is 5.99. The third kappa shape index (κ3) is 2.66. The van der Waals surface area contributed by atoms with Gasteiger partial charge < -0.3 is 4.90 Å². The van der Waals surface area contributed by atoms with Crippen molar-refractivity contribution >= 4 is 38.5 Å². The highest BCUT2D eigenvalue weighted by Crippen LogP contribution is 2.50. The number of amidine groups is 1. The summed E-state index contributed by atoms with van der Waals surface area (Å²) in [5.74, 6) is 0. The van der Waals surface area contributed by atoms with Gasteiger partial charge >= 0.3 is 0 Å². The number of nitrogens with zero attached hydrogens (tertiary/aromatic N) is 3. The van der Waals surface area contributed by atoms with Gasteiger partial charge in [0, 0.05) is 18.0 Å². The lowest BCUT2D eigenvalue weighted by Crippen LogP contribution is -2.29. The number of hydrogen-bond donors (Lipinski definition) is 0. The molecule has 1 saturated heterocycles. The Hall–Kier alpha value is -2.85. The highest BCUT2D eigenvalue weighted by Gasteiger charge is 2.44. The van der Waals surface area contributed by atoms with Crippen molar-refractivity contribution in [1.82, 2.24) is 9.88 Å². The van der Waals surface area contributed by atoms with Gasteiger partial charge in [-0.2, -0.15) is 0 Å². The number of benzene rings is 3. The highest BCUT2D eigenvalue weighted by atomic mass is 32.2. The van der Waals surface area contributed by atoms with Gasteiger partial charge in [0.05, 0.1) is 11.7 Å². The number of rotatable bonds is 2. The van der Waals surface area contributed by atoms with Gasteiger partial charge in [-0.3, -0.25) is 9.98 Å². The number of thioether (sulfide) groups is 1. The second kappa shape index (κ2) is 6.60. The smallest absolute Gasteiger partial charge is 0.160 e. The largest absolute Gasteiger partial charge is 0.341 e. The van der Waals surface area contributed by atoms with Crippen molar-refractivity contribution in [2.45, 2.75) is 24.3 Å². The van der Waals surface area contributed by atoms with E-state index in [-0.39, 0.29) is 12.1 Å². The van der Waals surface area contributed by atoms with Gasteiger partial charge in [0.2, 0.25) is 0 Å². The van der Waals surface area contributed by atoms with Crippen molar-refractivity contribution in [3.05, 3.63) is 90.3 Å². The number of hydrogen-bond acceptors (Lipinski definition) is 4. The molecule has 29 heavy (non-hydrogen) atoms. The summed E-state index contributed by atoms with van der Waals surface area (Å²) in [5.41, 5.74) is 2.42. The predicted molar refractivity (Wildman–Crippen MR) is 122 cm³/mol. The minimum absolute atomic E-state index is 0.0143. The molecule has 0 radical (unpaired) electrons. The Morgan fingerprint density at radius 3 is 2.28 bits per heavy atom. The summed E-state index contributed by atoms with van der Waals surface area (Å²) in [4.78, 5) is 12.4. The van der Waals surface area contributed by atoms with Crippen LogP contribution in [0, 0.1) is 0 Å². The molecular formula is C25H21N3S. The fourth-order valence-electron chi connectivity index (χ4n) is 4.80. The Morgan fingerprint density at radius 1 is 0.897 bits per heavy atom. The summed E-state index contributed by atoms with van der Waals surface area (Å²) in [7, 11) is 0. The third-order valence-corrected chi connectivity index (χ3v) is 7.09. The molecule has 0 spiro atoms. The number of pyridine rings is 1. The topological polar surface area (TPSA) is 28.5 Å². The summed E-state index contributed by atoms with van der Waals surface area (Å²) < 4.78 is 0. The lowest BCUT2D eigenvalue weighted by atomic mass is 9.87. The van der Waals surface area contributed by atoms with Crippen molar-refractivity contribution in [3.8, 4) is 0 Å². The molecule has 0 aliphatic carbocycles. The maximum Gasteiger partial charge on any atom is 0.160 e. The van der Waals surface area contributed by atoms with Crippen LogP contribution in [0.1, 0.15) is 30.3 Å². The fourth-order valence-corrected chi connectivity index (χ4v) is 5.89. The summed E-state index contributed by atoms with van der Waals surface area (Å²) in [5, 5.41) is 6.93. The zero-order valence-corrected chi connectivity index (χ0v) is 17.0. The molecule has 6 rings (SSSR count). The van der Waals surface area contributed by atoms with Crippen LogP contribution in [0.2, 0.25) is 0 Å². The summed E-state index contributed by atoms with van der Waals surface area (Å²) in [6, 6.07) is 26.2. The quantitative estimate of drug-likeness (QED) is 0.391. The fraction of sp³-hybridized carbons (Fsp3) is 0.200. The van der Waals surface area contributed by atoms with E-state index in [4.69, 9.17) is 9.98 Å². The molecule has 2 aliphatic heterocycles. The van der Waals surface area contributed by atoms with Crippen LogP contribution in [0.25, 0.3) is 21.5 Å². The average Bonchev–Trinajstić information content (AvgIpc) is 3.29. The van der Waals surface area contributed by atoms with E-state index in [9.17, 15) is 0 Å². The molecule has 3 nitrogen and oxygen atoms in total. The minimum atomic E-state index is 0.0143. The van der Waals surface area contributed by atoms with Gasteiger partial charge in [-0.25, -0.2) is 0 Å². The Bertz CT molecular complexity index is 1200. The van der Waals surface area contributed by atoms with E-state index < -0.39 is 0 Å². The number of aliphatic imine (C=N–C) groups is 1. The monoisotopic (exact) mass is 395 g/mol. The zero-order chi connectivity index (χ0) is 19.4. The molecule has 0 saturated carbocycles. The van der Waals surface area contributed by atoms with Crippen LogP contribution in [-0.2, 0) is 0 Å². The van der Waals surface area contributed by atoms with E-state index in [1.807, 2.05) is 24.0 Å². The first kappa shape index (κ1) is 17.0. The Balaban J connectivity index is 1.65. The first-order valence-corrected chi connectivity index (χ1v) is 11.0. The lowest BCUT2D eigenvalue weighted by molar-refractivity contribution is 0.325.